The molecule has 0 unspecified atom stereocenters. The first-order valence-corrected chi connectivity index (χ1v) is 16.9. The van der Waals surface area contributed by atoms with Crippen molar-refractivity contribution in [3.05, 3.63) is 130 Å². The SMILES string of the molecule is CN(C)CCNC(=O)c1ccc(-c2cccc3c2CCN(C(=O)C=Cc2c(-n4cnnn4)ccc(Cl)c2F)[C@H]3C(=O)Nc2ccc(C(=O)O)cc2)cc1. The molecule has 2 heterocycles. The van der Waals surface area contributed by atoms with E-state index in [1.54, 1.807) is 24.3 Å². The number of hydrogen-bond acceptors (Lipinski definition) is 8. The van der Waals surface area contributed by atoms with Gasteiger partial charge in [-0.3, -0.25) is 14.4 Å². The molecule has 53 heavy (non-hydrogen) atoms. The summed E-state index contributed by atoms with van der Waals surface area (Å²) in [4.78, 5) is 55.6. The number of halogens is 2. The maximum absolute atomic E-state index is 15.3. The molecule has 0 saturated carbocycles. The zero-order valence-electron chi connectivity index (χ0n) is 28.7. The van der Waals surface area contributed by atoms with E-state index in [1.807, 2.05) is 37.2 Å². The van der Waals surface area contributed by atoms with Crippen molar-refractivity contribution in [2.24, 2.45) is 0 Å². The molecule has 270 valence electrons. The number of hydrogen-bond donors (Lipinski definition) is 3. The second-order valence-electron chi connectivity index (χ2n) is 12.4. The fourth-order valence-electron chi connectivity index (χ4n) is 6.10. The Morgan fingerprint density at radius 3 is 2.42 bits per heavy atom. The summed E-state index contributed by atoms with van der Waals surface area (Å²) in [7, 11) is 3.86. The van der Waals surface area contributed by atoms with Crippen LogP contribution in [0.25, 0.3) is 22.9 Å². The molecule has 15 heteroatoms. The quantitative estimate of drug-likeness (QED) is 0.160. The Labute approximate surface area is 308 Å². The van der Waals surface area contributed by atoms with Crippen LogP contribution in [0, 0.1) is 5.82 Å². The van der Waals surface area contributed by atoms with E-state index in [9.17, 15) is 24.3 Å². The Hall–Kier alpha value is -6.25. The normalized spacial score (nSPS) is 13.9. The zero-order chi connectivity index (χ0) is 37.6. The molecule has 1 aliphatic heterocycles. The summed E-state index contributed by atoms with van der Waals surface area (Å²) >= 11 is 6.08. The maximum atomic E-state index is 15.3. The van der Waals surface area contributed by atoms with Crippen molar-refractivity contribution in [1.82, 2.24) is 35.3 Å². The van der Waals surface area contributed by atoms with Gasteiger partial charge in [-0.15, -0.1) is 5.10 Å². The van der Waals surface area contributed by atoms with Gasteiger partial charge in [-0.05, 0) is 108 Å². The van der Waals surface area contributed by atoms with E-state index in [0.29, 0.717) is 36.3 Å². The Morgan fingerprint density at radius 1 is 1.00 bits per heavy atom. The van der Waals surface area contributed by atoms with Crippen LogP contribution in [0.2, 0.25) is 5.02 Å². The molecule has 0 spiro atoms. The molecule has 0 saturated heterocycles. The van der Waals surface area contributed by atoms with Gasteiger partial charge in [0.05, 0.1) is 16.3 Å². The number of aromatic nitrogens is 4. The van der Waals surface area contributed by atoms with Crippen LogP contribution in [0.15, 0.2) is 91.3 Å². The maximum Gasteiger partial charge on any atom is 0.335 e. The minimum absolute atomic E-state index is 0.0350. The van der Waals surface area contributed by atoms with Crippen molar-refractivity contribution in [1.29, 1.82) is 0 Å². The molecule has 1 atom stereocenters. The number of likely N-dealkylation sites (N-methyl/N-ethyl adjacent to an activating group) is 1. The van der Waals surface area contributed by atoms with Gasteiger partial charge in [-0.2, -0.15) is 4.68 Å². The van der Waals surface area contributed by atoms with E-state index in [-0.39, 0.29) is 34.3 Å². The van der Waals surface area contributed by atoms with Gasteiger partial charge >= 0.3 is 5.97 Å². The minimum Gasteiger partial charge on any atom is -0.478 e. The molecule has 5 aromatic rings. The van der Waals surface area contributed by atoms with Crippen molar-refractivity contribution in [3.8, 4) is 16.8 Å². The van der Waals surface area contributed by atoms with Crippen LogP contribution in [0.5, 0.6) is 0 Å². The van der Waals surface area contributed by atoms with Crippen LogP contribution < -0.4 is 10.6 Å². The van der Waals surface area contributed by atoms with Gasteiger partial charge in [0.25, 0.3) is 11.8 Å². The molecule has 13 nitrogen and oxygen atoms in total. The second kappa shape index (κ2) is 16.0. The van der Waals surface area contributed by atoms with E-state index in [2.05, 4.69) is 26.2 Å². The molecule has 3 N–H and O–H groups in total. The van der Waals surface area contributed by atoms with E-state index in [1.165, 1.54) is 64.5 Å². The number of nitrogens with zero attached hydrogens (tertiary/aromatic N) is 6. The number of amides is 3. The fraction of sp³-hybridized carbons (Fsp3) is 0.184. The predicted molar refractivity (Wildman–Crippen MR) is 196 cm³/mol. The van der Waals surface area contributed by atoms with Crippen molar-refractivity contribution >= 4 is 47.1 Å². The highest BCUT2D eigenvalue weighted by Gasteiger charge is 2.36. The van der Waals surface area contributed by atoms with Crippen LogP contribution in [0.1, 0.15) is 43.4 Å². The predicted octanol–water partition coefficient (Wildman–Crippen LogP) is 4.89. The summed E-state index contributed by atoms with van der Waals surface area (Å²) in [6.45, 7) is 1.34. The lowest BCUT2D eigenvalue weighted by atomic mass is 9.85. The van der Waals surface area contributed by atoms with Crippen molar-refractivity contribution in [2.75, 3.05) is 39.0 Å². The number of tetrazole rings is 1. The van der Waals surface area contributed by atoms with Gasteiger partial charge in [0, 0.05) is 42.5 Å². The van der Waals surface area contributed by atoms with Gasteiger partial charge in [0.2, 0.25) is 5.91 Å². The summed E-state index contributed by atoms with van der Waals surface area (Å²) < 4.78 is 16.5. The largest absolute Gasteiger partial charge is 0.478 e. The number of carbonyl (C=O) groups excluding carboxylic acids is 3. The van der Waals surface area contributed by atoms with Crippen molar-refractivity contribution in [3.63, 3.8) is 0 Å². The number of rotatable bonds is 11. The van der Waals surface area contributed by atoms with E-state index in [4.69, 9.17) is 11.6 Å². The summed E-state index contributed by atoms with van der Waals surface area (Å²) in [5.41, 5.74) is 4.16. The Balaban J connectivity index is 1.33. The lowest BCUT2D eigenvalue weighted by Gasteiger charge is -2.37. The highest BCUT2D eigenvalue weighted by Crippen LogP contribution is 2.37. The first-order chi connectivity index (χ1) is 25.5. The standard InChI is InChI=1S/C38H34ClFN8O5/c1-46(2)21-19-41-36(50)24-8-6-23(7-9-24)27-4-3-5-29-28(27)18-20-47(35(29)37(51)43-26-12-10-25(11-13-26)38(52)53)33(49)17-14-30-32(48-22-42-44-45-48)16-15-31(39)34(30)40/h3-17,22,35H,18-21H2,1-2H3,(H,41,50)(H,43,51)(H,52,53)/t35-/m1/s1. The molecule has 6 rings (SSSR count). The van der Waals surface area contributed by atoms with Gasteiger partial charge in [-0.25, -0.2) is 9.18 Å². The average molecular weight is 737 g/mol. The molecule has 4 aromatic carbocycles. The summed E-state index contributed by atoms with van der Waals surface area (Å²) in [6, 6.07) is 20.1. The molecule has 0 bridgehead atoms. The number of fused-ring (bicyclic) bond motifs is 1. The van der Waals surface area contributed by atoms with E-state index < -0.39 is 29.6 Å². The van der Waals surface area contributed by atoms with E-state index in [0.717, 1.165) is 16.7 Å². The van der Waals surface area contributed by atoms with Crippen molar-refractivity contribution in [2.45, 2.75) is 12.5 Å². The molecule has 0 fully saturated rings. The molecule has 3 amide bonds. The molecular weight excluding hydrogens is 703 g/mol. The number of carboxylic acids is 1. The third kappa shape index (κ3) is 8.14. The highest BCUT2D eigenvalue weighted by molar-refractivity contribution is 6.31. The number of benzene rings is 4. The zero-order valence-corrected chi connectivity index (χ0v) is 29.4. The van der Waals surface area contributed by atoms with Gasteiger partial charge in [0.15, 0.2) is 5.82 Å². The first kappa shape index (κ1) is 36.5. The summed E-state index contributed by atoms with van der Waals surface area (Å²) in [6.07, 6.45) is 4.10. The number of aromatic carboxylic acids is 1. The minimum atomic E-state index is -1.13. The third-order valence-electron chi connectivity index (χ3n) is 8.75. The van der Waals surface area contributed by atoms with Crippen LogP contribution in [-0.2, 0) is 16.0 Å². The molecule has 1 aliphatic rings. The molecule has 0 radical (unpaired) electrons. The number of carboxylic acid groups (broad SMARTS) is 1. The smallest absolute Gasteiger partial charge is 0.335 e. The van der Waals surface area contributed by atoms with Gasteiger partial charge < -0.3 is 25.5 Å². The third-order valence-corrected chi connectivity index (χ3v) is 9.04. The highest BCUT2D eigenvalue weighted by atomic mass is 35.5. The number of anilines is 1. The van der Waals surface area contributed by atoms with Crippen LogP contribution in [-0.4, -0.2) is 92.5 Å². The second-order valence-corrected chi connectivity index (χ2v) is 12.9. The average Bonchev–Trinajstić information content (AvgIpc) is 3.69. The first-order valence-electron chi connectivity index (χ1n) is 16.5. The van der Waals surface area contributed by atoms with Crippen LogP contribution in [0.4, 0.5) is 10.1 Å². The van der Waals surface area contributed by atoms with Crippen LogP contribution >= 0.6 is 11.6 Å². The topological polar surface area (TPSA) is 163 Å². The number of carbonyl (C=O) groups is 4. The molecular formula is C38H34ClFN8O5. The lowest BCUT2D eigenvalue weighted by Crippen LogP contribution is -2.45. The lowest BCUT2D eigenvalue weighted by molar-refractivity contribution is -0.135. The van der Waals surface area contributed by atoms with E-state index >= 15 is 4.39 Å². The van der Waals surface area contributed by atoms with Gasteiger partial charge in [0.1, 0.15) is 12.4 Å². The Morgan fingerprint density at radius 2 is 1.74 bits per heavy atom. The Kier molecular flexibility index (Phi) is 11.0. The van der Waals surface area contributed by atoms with Crippen molar-refractivity contribution < 1.29 is 28.7 Å². The van der Waals surface area contributed by atoms with Crippen LogP contribution in [0.3, 0.4) is 0 Å². The molecule has 1 aromatic heterocycles. The molecule has 0 aliphatic carbocycles. The monoisotopic (exact) mass is 736 g/mol. The Bertz CT molecular complexity index is 2190. The summed E-state index contributed by atoms with van der Waals surface area (Å²) in [5, 5.41) is 25.9. The fourth-order valence-corrected chi connectivity index (χ4v) is 6.26. The van der Waals surface area contributed by atoms with Gasteiger partial charge in [-0.1, -0.05) is 41.9 Å². The summed E-state index contributed by atoms with van der Waals surface area (Å²) in [5.74, 6) is -3.20. The number of nitrogens with one attached hydrogen (secondary N) is 2.